The molecule has 2 atom stereocenters. The predicted octanol–water partition coefficient (Wildman–Crippen LogP) is 3.43. The van der Waals surface area contributed by atoms with E-state index in [-0.39, 0.29) is 5.54 Å². The largest absolute Gasteiger partial charge is 0.363 e. The molecule has 0 amide bonds. The normalized spacial score (nSPS) is 25.5. The van der Waals surface area contributed by atoms with Gasteiger partial charge in [-0.3, -0.25) is 9.98 Å². The highest BCUT2D eigenvalue weighted by atomic mass is 15.2. The molecule has 0 aromatic rings. The lowest BCUT2D eigenvalue weighted by Crippen LogP contribution is -2.29. The number of hydrogen-bond acceptors (Lipinski definition) is 2. The van der Waals surface area contributed by atoms with Crippen LogP contribution < -0.4 is 0 Å². The molecule has 2 aliphatic rings. The molecule has 0 radical (unpaired) electrons. The standard InChI is InChI=1S/C18H34N4/c1-16(19-14-21-9-6-5-7-10-21)12-17-8-11-22(13-17)15-20-18(2,3)4/h14-17H,5-13H2,1-4H3/b19-14+,20-15+. The molecule has 2 unspecified atom stereocenters. The van der Waals surface area contributed by atoms with Crippen LogP contribution in [0.1, 0.15) is 59.8 Å². The van der Waals surface area contributed by atoms with E-state index in [9.17, 15) is 0 Å². The van der Waals surface area contributed by atoms with Crippen LogP contribution in [0.2, 0.25) is 0 Å². The van der Waals surface area contributed by atoms with Gasteiger partial charge in [0, 0.05) is 32.2 Å². The zero-order valence-electron chi connectivity index (χ0n) is 15.0. The third kappa shape index (κ3) is 6.37. The Hall–Kier alpha value is -1.06. The SMILES string of the molecule is CC(CC1CCN(/C=N/C(C)(C)C)C1)/N=C/N1CCCCC1. The molecule has 2 fully saturated rings. The Labute approximate surface area is 136 Å². The van der Waals surface area contributed by atoms with E-state index in [2.05, 4.69) is 55.2 Å². The van der Waals surface area contributed by atoms with Gasteiger partial charge in [-0.25, -0.2) is 0 Å². The van der Waals surface area contributed by atoms with Crippen LogP contribution in [0.5, 0.6) is 0 Å². The molecule has 0 spiro atoms. The fourth-order valence-electron chi connectivity index (χ4n) is 3.20. The van der Waals surface area contributed by atoms with Crippen molar-refractivity contribution in [1.82, 2.24) is 9.80 Å². The van der Waals surface area contributed by atoms with Gasteiger partial charge in [-0.05, 0) is 65.7 Å². The Balaban J connectivity index is 1.70. The highest BCUT2D eigenvalue weighted by molar-refractivity contribution is 5.56. The maximum Gasteiger partial charge on any atom is 0.0856 e. The first kappa shape index (κ1) is 17.3. The fraction of sp³-hybridized carbons (Fsp3) is 0.889. The molecule has 2 saturated heterocycles. The highest BCUT2D eigenvalue weighted by Crippen LogP contribution is 2.21. The van der Waals surface area contributed by atoms with Crippen molar-refractivity contribution in [2.45, 2.75) is 71.4 Å². The van der Waals surface area contributed by atoms with Crippen LogP contribution in [-0.2, 0) is 0 Å². The average molecular weight is 306 g/mol. The van der Waals surface area contributed by atoms with Crippen LogP contribution >= 0.6 is 0 Å². The highest BCUT2D eigenvalue weighted by Gasteiger charge is 2.22. The summed E-state index contributed by atoms with van der Waals surface area (Å²) in [7, 11) is 0. The first-order chi connectivity index (χ1) is 10.4. The third-order valence-electron chi connectivity index (χ3n) is 4.48. The number of hydrogen-bond donors (Lipinski definition) is 0. The van der Waals surface area contributed by atoms with Gasteiger partial charge in [0.1, 0.15) is 0 Å². The average Bonchev–Trinajstić information content (AvgIpc) is 2.91. The molecular formula is C18H34N4. The van der Waals surface area contributed by atoms with E-state index in [1.165, 1.54) is 45.2 Å². The minimum absolute atomic E-state index is 0.0319. The summed E-state index contributed by atoms with van der Waals surface area (Å²) in [4.78, 5) is 14.1. The van der Waals surface area contributed by atoms with Gasteiger partial charge in [-0.15, -0.1) is 0 Å². The Morgan fingerprint density at radius 3 is 2.45 bits per heavy atom. The Kier molecular flexibility index (Phi) is 6.27. The Bertz CT molecular complexity index is 377. The molecule has 4 nitrogen and oxygen atoms in total. The number of nitrogens with zero attached hydrogens (tertiary/aromatic N) is 4. The van der Waals surface area contributed by atoms with Crippen molar-refractivity contribution in [1.29, 1.82) is 0 Å². The van der Waals surface area contributed by atoms with Crippen LogP contribution in [0.4, 0.5) is 0 Å². The fourth-order valence-corrected chi connectivity index (χ4v) is 3.20. The molecule has 0 aromatic carbocycles. The zero-order chi connectivity index (χ0) is 16.0. The van der Waals surface area contributed by atoms with Gasteiger partial charge in [0.25, 0.3) is 0 Å². The minimum atomic E-state index is 0.0319. The number of piperidine rings is 1. The first-order valence-electron chi connectivity index (χ1n) is 8.99. The summed E-state index contributed by atoms with van der Waals surface area (Å²) < 4.78 is 0. The lowest BCUT2D eigenvalue weighted by atomic mass is 10.0. The van der Waals surface area contributed by atoms with E-state index in [1.807, 2.05) is 0 Å². The van der Waals surface area contributed by atoms with Crippen LogP contribution in [0.25, 0.3) is 0 Å². The van der Waals surface area contributed by atoms with Crippen molar-refractivity contribution in [3.05, 3.63) is 0 Å². The molecular weight excluding hydrogens is 272 g/mol. The van der Waals surface area contributed by atoms with Crippen molar-refractivity contribution in [3.8, 4) is 0 Å². The van der Waals surface area contributed by atoms with Gasteiger partial charge in [-0.1, -0.05) is 0 Å². The smallest absolute Gasteiger partial charge is 0.0856 e. The minimum Gasteiger partial charge on any atom is -0.363 e. The molecule has 0 saturated carbocycles. The van der Waals surface area contributed by atoms with Crippen molar-refractivity contribution in [2.24, 2.45) is 15.9 Å². The second-order valence-electron chi connectivity index (χ2n) is 8.01. The maximum atomic E-state index is 4.77. The van der Waals surface area contributed by atoms with Crippen molar-refractivity contribution >= 4 is 12.7 Å². The van der Waals surface area contributed by atoms with E-state index in [0.29, 0.717) is 6.04 Å². The summed E-state index contributed by atoms with van der Waals surface area (Å²) in [5, 5.41) is 0. The number of likely N-dealkylation sites (tertiary alicyclic amines) is 2. The lowest BCUT2D eigenvalue weighted by Gasteiger charge is -2.24. The van der Waals surface area contributed by atoms with Gasteiger partial charge < -0.3 is 9.80 Å². The van der Waals surface area contributed by atoms with Crippen LogP contribution in [0.3, 0.4) is 0 Å². The summed E-state index contributed by atoms with van der Waals surface area (Å²) in [5.74, 6) is 0.764. The van der Waals surface area contributed by atoms with Crippen molar-refractivity contribution < 1.29 is 0 Å². The quantitative estimate of drug-likeness (QED) is 0.575. The van der Waals surface area contributed by atoms with Crippen LogP contribution in [-0.4, -0.2) is 60.2 Å². The van der Waals surface area contributed by atoms with Crippen LogP contribution in [0, 0.1) is 5.92 Å². The summed E-state index contributed by atoms with van der Waals surface area (Å²) in [6.45, 7) is 13.4. The number of aliphatic imine (C=N–C) groups is 2. The van der Waals surface area contributed by atoms with E-state index in [0.717, 1.165) is 19.0 Å². The summed E-state index contributed by atoms with van der Waals surface area (Å²) in [6, 6.07) is 0.437. The van der Waals surface area contributed by atoms with Gasteiger partial charge in [0.2, 0.25) is 0 Å². The van der Waals surface area contributed by atoms with E-state index < -0.39 is 0 Å². The molecule has 0 N–H and O–H groups in total. The van der Waals surface area contributed by atoms with Gasteiger partial charge in [0.15, 0.2) is 0 Å². The Morgan fingerprint density at radius 1 is 1.05 bits per heavy atom. The molecule has 2 aliphatic heterocycles. The first-order valence-corrected chi connectivity index (χ1v) is 8.99. The lowest BCUT2D eigenvalue weighted by molar-refractivity contribution is 0.348. The van der Waals surface area contributed by atoms with Gasteiger partial charge in [-0.2, -0.15) is 0 Å². The topological polar surface area (TPSA) is 31.2 Å². The van der Waals surface area contributed by atoms with E-state index >= 15 is 0 Å². The van der Waals surface area contributed by atoms with E-state index in [1.54, 1.807) is 0 Å². The summed E-state index contributed by atoms with van der Waals surface area (Å²) >= 11 is 0. The zero-order valence-corrected chi connectivity index (χ0v) is 15.0. The predicted molar refractivity (Wildman–Crippen MR) is 95.9 cm³/mol. The van der Waals surface area contributed by atoms with Crippen molar-refractivity contribution in [2.75, 3.05) is 26.2 Å². The second kappa shape index (κ2) is 7.98. The van der Waals surface area contributed by atoms with Crippen molar-refractivity contribution in [3.63, 3.8) is 0 Å². The molecule has 0 bridgehead atoms. The summed E-state index contributed by atoms with van der Waals surface area (Å²) in [6.07, 6.45) is 10.7. The molecule has 0 aliphatic carbocycles. The maximum absolute atomic E-state index is 4.77. The second-order valence-corrected chi connectivity index (χ2v) is 8.01. The Morgan fingerprint density at radius 2 is 1.77 bits per heavy atom. The summed E-state index contributed by atoms with van der Waals surface area (Å²) in [5.41, 5.74) is 0.0319. The van der Waals surface area contributed by atoms with Gasteiger partial charge >= 0.3 is 0 Å². The molecule has 0 aromatic heterocycles. The molecule has 4 heteroatoms. The van der Waals surface area contributed by atoms with Gasteiger partial charge in [0.05, 0.1) is 18.2 Å². The number of rotatable bonds is 5. The molecule has 126 valence electrons. The monoisotopic (exact) mass is 306 g/mol. The third-order valence-corrected chi connectivity index (χ3v) is 4.48. The van der Waals surface area contributed by atoms with Crippen LogP contribution in [0.15, 0.2) is 9.98 Å². The molecule has 22 heavy (non-hydrogen) atoms. The van der Waals surface area contributed by atoms with E-state index in [4.69, 9.17) is 4.99 Å². The molecule has 2 heterocycles. The molecule has 2 rings (SSSR count).